The molecular formula is C25H18ClN3O2S. The molecule has 158 valence electrons. The highest BCUT2D eigenvalue weighted by molar-refractivity contribution is 7.17. The number of hydrogen-bond acceptors (Lipinski definition) is 5. The van der Waals surface area contributed by atoms with Gasteiger partial charge in [-0.15, -0.1) is 11.3 Å². The van der Waals surface area contributed by atoms with E-state index < -0.39 is 0 Å². The molecule has 32 heavy (non-hydrogen) atoms. The van der Waals surface area contributed by atoms with Gasteiger partial charge in [0.15, 0.2) is 5.01 Å². The number of pyridine rings is 1. The van der Waals surface area contributed by atoms with Crippen LogP contribution in [0.15, 0.2) is 79.4 Å². The molecular weight excluding hydrogens is 442 g/mol. The summed E-state index contributed by atoms with van der Waals surface area (Å²) in [6, 6.07) is 17.3. The van der Waals surface area contributed by atoms with Crippen molar-refractivity contribution in [3.8, 4) is 16.2 Å². The van der Waals surface area contributed by atoms with Gasteiger partial charge in [-0.2, -0.15) is 0 Å². The number of hydrogen-bond donors (Lipinski definition) is 0. The SMILES string of the molecule is COc1ccc2c(c1)c(C(=O)c1ncc(-c3cccnc3)s1)cn2Cc1ccc(Cl)cc1. The number of benzene rings is 2. The zero-order valence-corrected chi connectivity index (χ0v) is 18.7. The molecule has 3 heterocycles. The molecule has 0 unspecified atom stereocenters. The maximum atomic E-state index is 13.5. The van der Waals surface area contributed by atoms with Crippen LogP contribution in [0.1, 0.15) is 20.9 Å². The molecule has 0 bridgehead atoms. The molecule has 0 saturated carbocycles. The van der Waals surface area contributed by atoms with Gasteiger partial charge in [0.05, 0.1) is 17.6 Å². The van der Waals surface area contributed by atoms with Gasteiger partial charge in [0, 0.05) is 52.8 Å². The quantitative estimate of drug-likeness (QED) is 0.288. The fourth-order valence-electron chi connectivity index (χ4n) is 3.64. The van der Waals surface area contributed by atoms with Crippen molar-refractivity contribution in [1.82, 2.24) is 14.5 Å². The number of nitrogens with zero attached hydrogens (tertiary/aromatic N) is 3. The van der Waals surface area contributed by atoms with Crippen molar-refractivity contribution >= 4 is 39.6 Å². The molecule has 7 heteroatoms. The van der Waals surface area contributed by atoms with E-state index >= 15 is 0 Å². The first-order valence-electron chi connectivity index (χ1n) is 9.94. The van der Waals surface area contributed by atoms with Crippen molar-refractivity contribution in [2.45, 2.75) is 6.54 Å². The summed E-state index contributed by atoms with van der Waals surface area (Å²) >= 11 is 7.39. The maximum Gasteiger partial charge on any atom is 0.223 e. The first-order valence-corrected chi connectivity index (χ1v) is 11.1. The van der Waals surface area contributed by atoms with Crippen LogP contribution >= 0.6 is 22.9 Å². The first kappa shape index (κ1) is 20.4. The number of carbonyl (C=O) groups excluding carboxylic acids is 1. The Labute approximate surface area is 193 Å². The Morgan fingerprint density at radius 1 is 1.12 bits per heavy atom. The van der Waals surface area contributed by atoms with Crippen molar-refractivity contribution in [3.63, 3.8) is 0 Å². The van der Waals surface area contributed by atoms with Gasteiger partial charge >= 0.3 is 0 Å². The second-order valence-corrected chi connectivity index (χ2v) is 8.75. The number of carbonyl (C=O) groups is 1. The van der Waals surface area contributed by atoms with E-state index in [0.717, 1.165) is 26.9 Å². The second kappa shape index (κ2) is 8.57. The van der Waals surface area contributed by atoms with E-state index in [9.17, 15) is 4.79 Å². The van der Waals surface area contributed by atoms with Crippen molar-refractivity contribution in [1.29, 1.82) is 0 Å². The number of fused-ring (bicyclic) bond motifs is 1. The summed E-state index contributed by atoms with van der Waals surface area (Å²) in [5.74, 6) is 0.587. The highest BCUT2D eigenvalue weighted by Gasteiger charge is 2.21. The zero-order chi connectivity index (χ0) is 22.1. The molecule has 0 radical (unpaired) electrons. The Morgan fingerprint density at radius 3 is 2.72 bits per heavy atom. The summed E-state index contributed by atoms with van der Waals surface area (Å²) in [4.78, 5) is 22.9. The molecule has 0 spiro atoms. The van der Waals surface area contributed by atoms with Crippen molar-refractivity contribution < 1.29 is 9.53 Å². The van der Waals surface area contributed by atoms with Crippen LogP contribution in [0.3, 0.4) is 0 Å². The normalized spacial score (nSPS) is 11.1. The number of methoxy groups -OCH3 is 1. The smallest absolute Gasteiger partial charge is 0.223 e. The van der Waals surface area contributed by atoms with Gasteiger partial charge in [-0.3, -0.25) is 9.78 Å². The largest absolute Gasteiger partial charge is 0.497 e. The van der Waals surface area contributed by atoms with Gasteiger partial charge in [-0.25, -0.2) is 4.98 Å². The van der Waals surface area contributed by atoms with Crippen molar-refractivity contribution in [2.75, 3.05) is 7.11 Å². The lowest BCUT2D eigenvalue weighted by Crippen LogP contribution is -2.00. The van der Waals surface area contributed by atoms with E-state index in [1.165, 1.54) is 11.3 Å². The van der Waals surface area contributed by atoms with E-state index in [-0.39, 0.29) is 5.78 Å². The Balaban J connectivity index is 1.56. The first-order chi connectivity index (χ1) is 15.6. The van der Waals surface area contributed by atoms with Crippen LogP contribution in [-0.4, -0.2) is 27.4 Å². The topological polar surface area (TPSA) is 57.0 Å². The number of halogens is 1. The van der Waals surface area contributed by atoms with Crippen LogP contribution in [0.5, 0.6) is 5.75 Å². The highest BCUT2D eigenvalue weighted by atomic mass is 35.5. The number of aromatic nitrogens is 3. The predicted octanol–water partition coefficient (Wildman–Crippen LogP) is 6.10. The molecule has 3 aromatic heterocycles. The molecule has 0 aliphatic heterocycles. The summed E-state index contributed by atoms with van der Waals surface area (Å²) in [5, 5.41) is 1.97. The van der Waals surface area contributed by atoms with Crippen molar-refractivity contribution in [2.24, 2.45) is 0 Å². The van der Waals surface area contributed by atoms with Gasteiger partial charge in [0.25, 0.3) is 0 Å². The standard InChI is InChI=1S/C25H18ClN3O2S/c1-31-19-8-9-22-20(11-19)21(15-29(22)14-16-4-6-18(26)7-5-16)24(30)25-28-13-23(32-25)17-3-2-10-27-12-17/h2-13,15H,14H2,1H3. The van der Waals surface area contributed by atoms with Gasteiger partial charge in [-0.05, 0) is 42.0 Å². The van der Waals surface area contributed by atoms with Gasteiger partial charge in [0.2, 0.25) is 5.78 Å². The van der Waals surface area contributed by atoms with Crippen molar-refractivity contribution in [3.05, 3.63) is 101 Å². The third kappa shape index (κ3) is 3.90. The molecule has 0 N–H and O–H groups in total. The van der Waals surface area contributed by atoms with Gasteiger partial charge in [-0.1, -0.05) is 29.8 Å². The zero-order valence-electron chi connectivity index (χ0n) is 17.2. The Bertz CT molecular complexity index is 1410. The molecule has 0 fully saturated rings. The molecule has 0 aliphatic carbocycles. The molecule has 0 aliphatic rings. The minimum absolute atomic E-state index is 0.113. The molecule has 0 amide bonds. The lowest BCUT2D eigenvalue weighted by atomic mass is 10.1. The second-order valence-electron chi connectivity index (χ2n) is 7.28. The van der Waals surface area contributed by atoms with Crippen LogP contribution in [0.2, 0.25) is 5.02 Å². The third-order valence-corrected chi connectivity index (χ3v) is 6.54. The van der Waals surface area contributed by atoms with E-state index in [4.69, 9.17) is 16.3 Å². The molecule has 5 rings (SSSR count). The van der Waals surface area contributed by atoms with Gasteiger partial charge < -0.3 is 9.30 Å². The third-order valence-electron chi connectivity index (χ3n) is 5.25. The van der Waals surface area contributed by atoms with E-state index in [2.05, 4.69) is 14.5 Å². The lowest BCUT2D eigenvalue weighted by Gasteiger charge is -2.06. The molecule has 0 saturated heterocycles. The monoisotopic (exact) mass is 459 g/mol. The minimum atomic E-state index is -0.113. The number of thiazole rings is 1. The summed E-state index contributed by atoms with van der Waals surface area (Å²) in [6.07, 6.45) is 7.11. The van der Waals surface area contributed by atoms with Gasteiger partial charge in [0.1, 0.15) is 5.75 Å². The lowest BCUT2D eigenvalue weighted by molar-refractivity contribution is 0.103. The molecule has 5 nitrogen and oxygen atoms in total. The Hall–Kier alpha value is -3.48. The van der Waals surface area contributed by atoms with Crippen LogP contribution in [0.4, 0.5) is 0 Å². The Kier molecular flexibility index (Phi) is 5.47. The van der Waals surface area contributed by atoms with Crippen LogP contribution in [0, 0.1) is 0 Å². The van der Waals surface area contributed by atoms with E-state index in [1.54, 1.807) is 25.7 Å². The summed E-state index contributed by atoms with van der Waals surface area (Å²) in [6.45, 7) is 0.617. The molecule has 5 aromatic rings. The summed E-state index contributed by atoms with van der Waals surface area (Å²) in [7, 11) is 1.62. The molecule has 0 atom stereocenters. The van der Waals surface area contributed by atoms with Crippen LogP contribution in [0.25, 0.3) is 21.3 Å². The Morgan fingerprint density at radius 2 is 1.97 bits per heavy atom. The average Bonchev–Trinajstić information content (AvgIpc) is 3.46. The maximum absolute atomic E-state index is 13.5. The average molecular weight is 460 g/mol. The number of ether oxygens (including phenoxy) is 1. The van der Waals surface area contributed by atoms with Crippen LogP contribution < -0.4 is 4.74 Å². The summed E-state index contributed by atoms with van der Waals surface area (Å²) in [5.41, 5.74) is 3.58. The number of rotatable bonds is 6. The van der Waals surface area contributed by atoms with E-state index in [1.807, 2.05) is 60.8 Å². The highest BCUT2D eigenvalue weighted by Crippen LogP contribution is 2.31. The minimum Gasteiger partial charge on any atom is -0.497 e. The molecule has 2 aromatic carbocycles. The summed E-state index contributed by atoms with van der Waals surface area (Å²) < 4.78 is 7.48. The number of ketones is 1. The predicted molar refractivity (Wildman–Crippen MR) is 128 cm³/mol. The fourth-order valence-corrected chi connectivity index (χ4v) is 4.62. The van der Waals surface area contributed by atoms with E-state index in [0.29, 0.717) is 27.9 Å². The van der Waals surface area contributed by atoms with Crippen LogP contribution in [-0.2, 0) is 6.54 Å². The fraction of sp³-hybridized carbons (Fsp3) is 0.0800.